The third-order valence-corrected chi connectivity index (χ3v) is 4.89. The number of pyridine rings is 1. The van der Waals surface area contributed by atoms with Crippen molar-refractivity contribution in [3.05, 3.63) is 23.9 Å². The van der Waals surface area contributed by atoms with E-state index in [1.54, 1.807) is 6.20 Å². The number of anilines is 1. The summed E-state index contributed by atoms with van der Waals surface area (Å²) < 4.78 is 0. The molecule has 0 saturated carbocycles. The molecule has 0 spiro atoms. The lowest BCUT2D eigenvalue weighted by Gasteiger charge is -2.32. The predicted octanol–water partition coefficient (Wildman–Crippen LogP) is 1.57. The van der Waals surface area contributed by atoms with Crippen molar-refractivity contribution in [2.24, 2.45) is 0 Å². The third-order valence-electron chi connectivity index (χ3n) is 4.89. The summed E-state index contributed by atoms with van der Waals surface area (Å²) in [5.74, 6) is 0.901. The molecule has 1 aromatic rings. The Labute approximate surface area is 138 Å². The Balaban J connectivity index is 1.49. The van der Waals surface area contributed by atoms with E-state index in [1.807, 2.05) is 31.1 Å². The predicted molar refractivity (Wildman–Crippen MR) is 91.6 cm³/mol. The van der Waals surface area contributed by atoms with E-state index in [9.17, 15) is 4.79 Å². The van der Waals surface area contributed by atoms with Crippen LogP contribution in [0.15, 0.2) is 18.3 Å². The third kappa shape index (κ3) is 3.93. The number of urea groups is 1. The van der Waals surface area contributed by atoms with Gasteiger partial charge in [-0.05, 0) is 43.5 Å². The zero-order valence-corrected chi connectivity index (χ0v) is 14.1. The Morgan fingerprint density at radius 3 is 3.04 bits per heavy atom. The lowest BCUT2D eigenvalue weighted by molar-refractivity contribution is 0.179. The van der Waals surface area contributed by atoms with Crippen LogP contribution in [0.25, 0.3) is 0 Å². The number of carbonyl (C=O) groups excluding carboxylic acids is 1. The van der Waals surface area contributed by atoms with E-state index < -0.39 is 0 Å². The fourth-order valence-electron chi connectivity index (χ4n) is 3.63. The van der Waals surface area contributed by atoms with Crippen molar-refractivity contribution in [3.8, 4) is 0 Å². The minimum absolute atomic E-state index is 0.0642. The van der Waals surface area contributed by atoms with Crippen LogP contribution in [-0.4, -0.2) is 55.2 Å². The van der Waals surface area contributed by atoms with Gasteiger partial charge >= 0.3 is 6.03 Å². The lowest BCUT2D eigenvalue weighted by atomic mass is 9.99. The standard InChI is InChI=1S/C17H27N5O/c1-21(2)16-11-13(6-8-18-16)12-19-17(23)20-14-7-10-22-9-4-3-5-15(14)22/h6,8,11,14-15H,3-5,7,9-10,12H2,1-2H3,(H2,19,20,23)/t14-,15-/m0/s1. The van der Waals surface area contributed by atoms with Gasteiger partial charge in [-0.2, -0.15) is 0 Å². The van der Waals surface area contributed by atoms with E-state index in [2.05, 4.69) is 20.5 Å². The molecule has 0 radical (unpaired) electrons. The molecule has 126 valence electrons. The van der Waals surface area contributed by atoms with Crippen LogP contribution < -0.4 is 15.5 Å². The van der Waals surface area contributed by atoms with Crippen LogP contribution in [0.2, 0.25) is 0 Å². The average molecular weight is 317 g/mol. The molecule has 0 bridgehead atoms. The maximum absolute atomic E-state index is 12.2. The topological polar surface area (TPSA) is 60.5 Å². The molecule has 3 rings (SSSR count). The molecule has 23 heavy (non-hydrogen) atoms. The number of rotatable bonds is 4. The molecule has 1 aromatic heterocycles. The first kappa shape index (κ1) is 16.1. The van der Waals surface area contributed by atoms with Crippen molar-refractivity contribution in [1.29, 1.82) is 0 Å². The number of fused-ring (bicyclic) bond motifs is 1. The van der Waals surface area contributed by atoms with Gasteiger partial charge in [-0.25, -0.2) is 9.78 Å². The van der Waals surface area contributed by atoms with Crippen LogP contribution in [0.3, 0.4) is 0 Å². The normalized spacial score (nSPS) is 24.1. The van der Waals surface area contributed by atoms with Crippen LogP contribution in [-0.2, 0) is 6.54 Å². The van der Waals surface area contributed by atoms with E-state index in [4.69, 9.17) is 0 Å². The van der Waals surface area contributed by atoms with Gasteiger partial charge in [-0.3, -0.25) is 4.90 Å². The highest BCUT2D eigenvalue weighted by Crippen LogP contribution is 2.27. The smallest absolute Gasteiger partial charge is 0.315 e. The van der Waals surface area contributed by atoms with Crippen molar-refractivity contribution in [2.75, 3.05) is 32.1 Å². The molecule has 6 heteroatoms. The second kappa shape index (κ2) is 7.17. The number of carbonyl (C=O) groups is 1. The average Bonchev–Trinajstić information content (AvgIpc) is 2.96. The van der Waals surface area contributed by atoms with Crippen molar-refractivity contribution >= 4 is 11.8 Å². The van der Waals surface area contributed by atoms with E-state index in [0.717, 1.165) is 24.3 Å². The second-order valence-electron chi connectivity index (χ2n) is 6.74. The molecule has 3 heterocycles. The Morgan fingerprint density at radius 1 is 1.35 bits per heavy atom. The zero-order valence-electron chi connectivity index (χ0n) is 14.1. The summed E-state index contributed by atoms with van der Waals surface area (Å²) in [5, 5.41) is 6.14. The van der Waals surface area contributed by atoms with Crippen molar-refractivity contribution in [1.82, 2.24) is 20.5 Å². The van der Waals surface area contributed by atoms with E-state index in [1.165, 1.54) is 25.8 Å². The summed E-state index contributed by atoms with van der Waals surface area (Å²) in [5.41, 5.74) is 1.06. The largest absolute Gasteiger partial charge is 0.363 e. The Morgan fingerprint density at radius 2 is 2.22 bits per heavy atom. The minimum Gasteiger partial charge on any atom is -0.363 e. The van der Waals surface area contributed by atoms with Crippen LogP contribution in [0, 0.1) is 0 Å². The summed E-state index contributed by atoms with van der Waals surface area (Å²) in [6, 6.07) is 4.70. The zero-order chi connectivity index (χ0) is 16.2. The second-order valence-corrected chi connectivity index (χ2v) is 6.74. The van der Waals surface area contributed by atoms with Gasteiger partial charge in [0, 0.05) is 45.5 Å². The van der Waals surface area contributed by atoms with Crippen molar-refractivity contribution in [2.45, 2.75) is 44.3 Å². The fourth-order valence-corrected chi connectivity index (χ4v) is 3.63. The molecule has 2 saturated heterocycles. The molecule has 2 amide bonds. The first-order valence-corrected chi connectivity index (χ1v) is 8.54. The van der Waals surface area contributed by atoms with Crippen LogP contribution >= 0.6 is 0 Å². The molecule has 0 unspecified atom stereocenters. The lowest BCUT2D eigenvalue weighted by Crippen LogP contribution is -2.49. The van der Waals surface area contributed by atoms with E-state index in [-0.39, 0.29) is 6.03 Å². The highest BCUT2D eigenvalue weighted by atomic mass is 16.2. The molecule has 2 atom stereocenters. The highest BCUT2D eigenvalue weighted by Gasteiger charge is 2.36. The van der Waals surface area contributed by atoms with Gasteiger partial charge in [0.2, 0.25) is 0 Å². The maximum Gasteiger partial charge on any atom is 0.315 e. The number of aromatic nitrogens is 1. The molecule has 2 N–H and O–H groups in total. The molecular formula is C17H27N5O. The highest BCUT2D eigenvalue weighted by molar-refractivity contribution is 5.74. The SMILES string of the molecule is CN(C)c1cc(CNC(=O)N[C@H]2CCN3CCCC[C@@H]23)ccn1. The summed E-state index contributed by atoms with van der Waals surface area (Å²) in [6.07, 6.45) is 6.64. The number of nitrogens with one attached hydrogen (secondary N) is 2. The number of amides is 2. The number of piperidine rings is 1. The van der Waals surface area contributed by atoms with Gasteiger partial charge in [0.05, 0.1) is 0 Å². The Kier molecular flexibility index (Phi) is 5.00. The summed E-state index contributed by atoms with van der Waals surface area (Å²) >= 11 is 0. The van der Waals surface area contributed by atoms with Gasteiger partial charge in [0.25, 0.3) is 0 Å². The fraction of sp³-hybridized carbons (Fsp3) is 0.647. The van der Waals surface area contributed by atoms with Gasteiger partial charge < -0.3 is 15.5 Å². The molecule has 2 aliphatic heterocycles. The first-order chi connectivity index (χ1) is 11.1. The van der Waals surface area contributed by atoms with Gasteiger partial charge in [-0.15, -0.1) is 0 Å². The maximum atomic E-state index is 12.2. The Bertz CT molecular complexity index is 548. The van der Waals surface area contributed by atoms with Crippen LogP contribution in [0.5, 0.6) is 0 Å². The summed E-state index contributed by atoms with van der Waals surface area (Å²) in [7, 11) is 3.92. The number of nitrogens with zero attached hydrogens (tertiary/aromatic N) is 3. The molecule has 2 aliphatic rings. The first-order valence-electron chi connectivity index (χ1n) is 8.54. The molecular weight excluding hydrogens is 290 g/mol. The molecule has 0 aliphatic carbocycles. The van der Waals surface area contributed by atoms with Crippen LogP contribution in [0.1, 0.15) is 31.2 Å². The van der Waals surface area contributed by atoms with E-state index in [0.29, 0.717) is 18.6 Å². The number of hydrogen-bond donors (Lipinski definition) is 2. The minimum atomic E-state index is -0.0642. The summed E-state index contributed by atoms with van der Waals surface area (Å²) in [6.45, 7) is 2.83. The van der Waals surface area contributed by atoms with Gasteiger partial charge in [0.15, 0.2) is 0 Å². The monoisotopic (exact) mass is 317 g/mol. The van der Waals surface area contributed by atoms with E-state index >= 15 is 0 Å². The molecule has 6 nitrogen and oxygen atoms in total. The van der Waals surface area contributed by atoms with Crippen molar-refractivity contribution < 1.29 is 4.79 Å². The van der Waals surface area contributed by atoms with Crippen LogP contribution in [0.4, 0.5) is 10.6 Å². The summed E-state index contributed by atoms with van der Waals surface area (Å²) in [4.78, 5) is 21.0. The molecule has 0 aromatic carbocycles. The number of hydrogen-bond acceptors (Lipinski definition) is 4. The van der Waals surface area contributed by atoms with Gasteiger partial charge in [-0.1, -0.05) is 6.42 Å². The van der Waals surface area contributed by atoms with Gasteiger partial charge in [0.1, 0.15) is 5.82 Å². The quantitative estimate of drug-likeness (QED) is 0.885. The van der Waals surface area contributed by atoms with Crippen molar-refractivity contribution in [3.63, 3.8) is 0 Å². The molecule has 2 fully saturated rings. The Hall–Kier alpha value is -1.82.